The normalized spacial score (nSPS) is 27.4. The highest BCUT2D eigenvalue weighted by Crippen LogP contribution is 2.37. The van der Waals surface area contributed by atoms with E-state index in [4.69, 9.17) is 0 Å². The van der Waals surface area contributed by atoms with Gasteiger partial charge in [-0.2, -0.15) is 0 Å². The molecule has 4 nitrogen and oxygen atoms in total. The highest BCUT2D eigenvalue weighted by atomic mass is 16.2. The summed E-state index contributed by atoms with van der Waals surface area (Å²) in [4.78, 5) is 24.9. The molecular weight excluding hydrogens is 204 g/mol. The van der Waals surface area contributed by atoms with Gasteiger partial charge in [-0.05, 0) is 25.2 Å². The van der Waals surface area contributed by atoms with Crippen LogP contribution in [0.3, 0.4) is 0 Å². The second kappa shape index (κ2) is 4.44. The second-order valence-electron chi connectivity index (χ2n) is 5.10. The lowest BCUT2D eigenvalue weighted by molar-refractivity contribution is -0.130. The molecule has 16 heavy (non-hydrogen) atoms. The molecule has 0 bridgehead atoms. The maximum atomic E-state index is 11.6. The summed E-state index contributed by atoms with van der Waals surface area (Å²) in [6.07, 6.45) is 3.70. The maximum Gasteiger partial charge on any atom is 0.224 e. The second-order valence-corrected chi connectivity index (χ2v) is 5.10. The Balaban J connectivity index is 1.60. The van der Waals surface area contributed by atoms with E-state index in [0.717, 1.165) is 19.3 Å². The standard InChI is InChI=1S/C12H20N2O2/c1-8-7-10(8)12(16)13-6-5-11(15)14(2)9-3-4-9/h8-10H,3-7H2,1-2H3,(H,13,16). The van der Waals surface area contributed by atoms with E-state index in [1.807, 2.05) is 11.9 Å². The third kappa shape index (κ3) is 2.74. The van der Waals surface area contributed by atoms with Crippen LogP contribution < -0.4 is 5.32 Å². The first-order valence-electron chi connectivity index (χ1n) is 6.13. The summed E-state index contributed by atoms with van der Waals surface area (Å²) in [5, 5.41) is 2.83. The summed E-state index contributed by atoms with van der Waals surface area (Å²) in [6, 6.07) is 0.464. The van der Waals surface area contributed by atoms with Crippen molar-refractivity contribution in [1.29, 1.82) is 0 Å². The minimum absolute atomic E-state index is 0.120. The van der Waals surface area contributed by atoms with Crippen LogP contribution in [0.25, 0.3) is 0 Å². The Morgan fingerprint density at radius 1 is 1.38 bits per heavy atom. The fourth-order valence-electron chi connectivity index (χ4n) is 1.95. The van der Waals surface area contributed by atoms with E-state index in [0.29, 0.717) is 24.9 Å². The highest BCUT2D eigenvalue weighted by molar-refractivity contribution is 5.82. The first-order valence-corrected chi connectivity index (χ1v) is 6.13. The summed E-state index contributed by atoms with van der Waals surface area (Å²) in [5.74, 6) is 1.00. The van der Waals surface area contributed by atoms with Crippen molar-refractivity contribution in [3.8, 4) is 0 Å². The van der Waals surface area contributed by atoms with Crippen molar-refractivity contribution in [2.75, 3.05) is 13.6 Å². The van der Waals surface area contributed by atoms with Gasteiger partial charge >= 0.3 is 0 Å². The van der Waals surface area contributed by atoms with Crippen molar-refractivity contribution in [3.05, 3.63) is 0 Å². The van der Waals surface area contributed by atoms with E-state index >= 15 is 0 Å². The Hall–Kier alpha value is -1.06. The first-order chi connectivity index (χ1) is 7.59. The minimum Gasteiger partial charge on any atom is -0.355 e. The Morgan fingerprint density at radius 2 is 2.00 bits per heavy atom. The molecular formula is C12H20N2O2. The van der Waals surface area contributed by atoms with Gasteiger partial charge in [-0.3, -0.25) is 9.59 Å². The van der Waals surface area contributed by atoms with E-state index in [1.54, 1.807) is 0 Å². The number of nitrogens with one attached hydrogen (secondary N) is 1. The highest BCUT2D eigenvalue weighted by Gasteiger charge is 2.38. The third-order valence-electron chi connectivity index (χ3n) is 3.57. The van der Waals surface area contributed by atoms with Crippen LogP contribution in [0, 0.1) is 11.8 Å². The molecule has 2 saturated carbocycles. The SMILES string of the molecule is CC1CC1C(=O)NCCC(=O)N(C)C1CC1. The quantitative estimate of drug-likeness (QED) is 0.750. The third-order valence-corrected chi connectivity index (χ3v) is 3.57. The van der Waals surface area contributed by atoms with Gasteiger partial charge < -0.3 is 10.2 Å². The molecule has 4 heteroatoms. The molecule has 0 aromatic carbocycles. The average molecular weight is 224 g/mol. The molecule has 2 aliphatic rings. The fraction of sp³-hybridized carbons (Fsp3) is 0.833. The lowest BCUT2D eigenvalue weighted by Gasteiger charge is -2.16. The van der Waals surface area contributed by atoms with Crippen LogP contribution in [-0.4, -0.2) is 36.3 Å². The first kappa shape index (κ1) is 11.4. The molecule has 2 fully saturated rings. The van der Waals surface area contributed by atoms with Crippen molar-refractivity contribution in [2.45, 2.75) is 38.6 Å². The Kier molecular flexibility index (Phi) is 3.17. The summed E-state index contributed by atoms with van der Waals surface area (Å²) in [5.41, 5.74) is 0. The molecule has 0 aromatic rings. The van der Waals surface area contributed by atoms with Crippen LogP contribution in [0.15, 0.2) is 0 Å². The van der Waals surface area contributed by atoms with Crippen LogP contribution >= 0.6 is 0 Å². The van der Waals surface area contributed by atoms with E-state index in [2.05, 4.69) is 12.2 Å². The average Bonchev–Trinajstić information content (AvgIpc) is 3.09. The Labute approximate surface area is 96.4 Å². The van der Waals surface area contributed by atoms with Crippen LogP contribution in [-0.2, 0) is 9.59 Å². The number of amides is 2. The molecule has 90 valence electrons. The maximum absolute atomic E-state index is 11.6. The molecule has 2 atom stereocenters. The largest absolute Gasteiger partial charge is 0.355 e. The van der Waals surface area contributed by atoms with Crippen LogP contribution in [0.2, 0.25) is 0 Å². The van der Waals surface area contributed by atoms with Gasteiger partial charge in [0.25, 0.3) is 0 Å². The van der Waals surface area contributed by atoms with Gasteiger partial charge in [-0.1, -0.05) is 6.92 Å². The van der Waals surface area contributed by atoms with E-state index in [9.17, 15) is 9.59 Å². The number of nitrogens with zero attached hydrogens (tertiary/aromatic N) is 1. The molecule has 0 heterocycles. The summed E-state index contributed by atoms with van der Waals surface area (Å²) in [7, 11) is 1.85. The zero-order valence-electron chi connectivity index (χ0n) is 10.0. The molecule has 0 radical (unpaired) electrons. The number of carbonyl (C=O) groups excluding carboxylic acids is 2. The van der Waals surface area contributed by atoms with Crippen LogP contribution in [0.5, 0.6) is 0 Å². The van der Waals surface area contributed by atoms with Gasteiger partial charge in [0.05, 0.1) is 0 Å². The zero-order chi connectivity index (χ0) is 11.7. The molecule has 0 aromatic heterocycles. The minimum atomic E-state index is 0.120. The Morgan fingerprint density at radius 3 is 2.50 bits per heavy atom. The van der Waals surface area contributed by atoms with Gasteiger partial charge in [0.15, 0.2) is 0 Å². The predicted molar refractivity (Wildman–Crippen MR) is 60.7 cm³/mol. The molecule has 2 amide bonds. The Bertz CT molecular complexity index is 299. The van der Waals surface area contributed by atoms with Crippen LogP contribution in [0.1, 0.15) is 32.6 Å². The van der Waals surface area contributed by atoms with Crippen LogP contribution in [0.4, 0.5) is 0 Å². The van der Waals surface area contributed by atoms with Crippen molar-refractivity contribution in [3.63, 3.8) is 0 Å². The van der Waals surface area contributed by atoms with Crippen molar-refractivity contribution in [1.82, 2.24) is 10.2 Å². The lowest BCUT2D eigenvalue weighted by Crippen LogP contribution is -2.33. The van der Waals surface area contributed by atoms with Gasteiger partial charge in [-0.25, -0.2) is 0 Å². The van der Waals surface area contributed by atoms with E-state index in [-0.39, 0.29) is 17.7 Å². The molecule has 0 aliphatic heterocycles. The fourth-order valence-corrected chi connectivity index (χ4v) is 1.95. The van der Waals surface area contributed by atoms with E-state index in [1.165, 1.54) is 0 Å². The van der Waals surface area contributed by atoms with E-state index < -0.39 is 0 Å². The number of hydrogen-bond donors (Lipinski definition) is 1. The summed E-state index contributed by atoms with van der Waals surface area (Å²) in [6.45, 7) is 2.56. The zero-order valence-corrected chi connectivity index (χ0v) is 10.0. The summed E-state index contributed by atoms with van der Waals surface area (Å²) < 4.78 is 0. The predicted octanol–water partition coefficient (Wildman–Crippen LogP) is 0.769. The molecule has 0 spiro atoms. The number of hydrogen-bond acceptors (Lipinski definition) is 2. The topological polar surface area (TPSA) is 49.4 Å². The molecule has 2 rings (SSSR count). The molecule has 2 aliphatic carbocycles. The molecule has 2 unspecified atom stereocenters. The lowest BCUT2D eigenvalue weighted by atomic mass is 10.3. The van der Waals surface area contributed by atoms with Gasteiger partial charge in [0.1, 0.15) is 0 Å². The van der Waals surface area contributed by atoms with Gasteiger partial charge in [0, 0.05) is 32.0 Å². The summed E-state index contributed by atoms with van der Waals surface area (Å²) >= 11 is 0. The number of rotatable bonds is 5. The monoisotopic (exact) mass is 224 g/mol. The van der Waals surface area contributed by atoms with Crippen molar-refractivity contribution < 1.29 is 9.59 Å². The van der Waals surface area contributed by atoms with Crippen molar-refractivity contribution in [2.24, 2.45) is 11.8 Å². The van der Waals surface area contributed by atoms with Crippen molar-refractivity contribution >= 4 is 11.8 Å². The molecule has 0 saturated heterocycles. The van der Waals surface area contributed by atoms with Gasteiger partial charge in [-0.15, -0.1) is 0 Å². The smallest absolute Gasteiger partial charge is 0.224 e. The van der Waals surface area contributed by atoms with Gasteiger partial charge in [0.2, 0.25) is 11.8 Å². The number of carbonyl (C=O) groups is 2. The molecule has 1 N–H and O–H groups in total.